The Kier molecular flexibility index (Phi) is 5.55. The zero-order chi connectivity index (χ0) is 17.8. The number of nitrogens with zero attached hydrogens (tertiary/aromatic N) is 1. The normalized spacial score (nSPS) is 24.8. The molecule has 1 saturated heterocycles. The second-order valence-electron chi connectivity index (χ2n) is 6.75. The van der Waals surface area contributed by atoms with E-state index in [-0.39, 0.29) is 18.0 Å². The fraction of sp³-hybridized carbons (Fsp3) is 0.556. The summed E-state index contributed by atoms with van der Waals surface area (Å²) < 4.78 is 5.39. The SMILES string of the molecule is CC(c1ccc(NC(=O)NC2CC(C(=O)O)C2)cc1)N1CCOCC1. The Labute approximate surface area is 147 Å². The van der Waals surface area contributed by atoms with E-state index in [1.165, 1.54) is 5.56 Å². The van der Waals surface area contributed by atoms with Crippen molar-refractivity contribution in [1.29, 1.82) is 0 Å². The molecule has 0 aromatic heterocycles. The first-order valence-electron chi connectivity index (χ1n) is 8.75. The van der Waals surface area contributed by atoms with Crippen LogP contribution in [0.15, 0.2) is 24.3 Å². The molecule has 1 unspecified atom stereocenters. The number of carbonyl (C=O) groups is 2. The molecule has 1 aliphatic heterocycles. The maximum Gasteiger partial charge on any atom is 0.319 e. The summed E-state index contributed by atoms with van der Waals surface area (Å²) in [4.78, 5) is 25.1. The zero-order valence-electron chi connectivity index (χ0n) is 14.4. The van der Waals surface area contributed by atoms with Crippen LogP contribution in [-0.4, -0.2) is 54.4 Å². The van der Waals surface area contributed by atoms with Gasteiger partial charge in [0.15, 0.2) is 0 Å². The van der Waals surface area contributed by atoms with Gasteiger partial charge in [-0.3, -0.25) is 9.69 Å². The van der Waals surface area contributed by atoms with Crippen LogP contribution in [0.5, 0.6) is 0 Å². The summed E-state index contributed by atoms with van der Waals surface area (Å²) in [7, 11) is 0. The number of urea groups is 1. The molecule has 2 fully saturated rings. The number of hydrogen-bond donors (Lipinski definition) is 3. The third-order valence-electron chi connectivity index (χ3n) is 5.07. The summed E-state index contributed by atoms with van der Waals surface area (Å²) in [5, 5.41) is 14.4. The van der Waals surface area contributed by atoms with Crippen LogP contribution in [-0.2, 0) is 9.53 Å². The molecule has 1 aromatic carbocycles. The number of carboxylic acid groups (broad SMARTS) is 1. The molecule has 3 rings (SSSR count). The number of benzene rings is 1. The van der Waals surface area contributed by atoms with Gasteiger partial charge in [-0.05, 0) is 37.5 Å². The molecule has 0 spiro atoms. The monoisotopic (exact) mass is 347 g/mol. The van der Waals surface area contributed by atoms with E-state index in [9.17, 15) is 9.59 Å². The van der Waals surface area contributed by atoms with Gasteiger partial charge in [0.25, 0.3) is 0 Å². The number of anilines is 1. The molecular formula is C18H25N3O4. The summed E-state index contributed by atoms with van der Waals surface area (Å²) in [6, 6.07) is 7.82. The molecular weight excluding hydrogens is 322 g/mol. The van der Waals surface area contributed by atoms with Crippen molar-refractivity contribution in [3.05, 3.63) is 29.8 Å². The van der Waals surface area contributed by atoms with Gasteiger partial charge in [0.05, 0.1) is 19.1 Å². The minimum Gasteiger partial charge on any atom is -0.481 e. The van der Waals surface area contributed by atoms with E-state index in [0.717, 1.165) is 32.0 Å². The predicted octanol–water partition coefficient (Wildman–Crippen LogP) is 2.06. The topological polar surface area (TPSA) is 90.9 Å². The highest BCUT2D eigenvalue weighted by atomic mass is 16.5. The molecule has 7 nitrogen and oxygen atoms in total. The lowest BCUT2D eigenvalue weighted by Crippen LogP contribution is -2.48. The maximum atomic E-state index is 12.0. The summed E-state index contributed by atoms with van der Waals surface area (Å²) in [5.74, 6) is -1.12. The average molecular weight is 347 g/mol. The minimum atomic E-state index is -0.788. The lowest BCUT2D eigenvalue weighted by Gasteiger charge is -2.33. The Morgan fingerprint density at radius 3 is 2.44 bits per heavy atom. The molecule has 0 bridgehead atoms. The number of morpholine rings is 1. The Morgan fingerprint density at radius 2 is 1.84 bits per heavy atom. The summed E-state index contributed by atoms with van der Waals surface area (Å²) in [6.45, 7) is 5.59. The van der Waals surface area contributed by atoms with Crippen LogP contribution in [0.4, 0.5) is 10.5 Å². The quantitative estimate of drug-likeness (QED) is 0.758. The Morgan fingerprint density at radius 1 is 1.20 bits per heavy atom. The van der Waals surface area contributed by atoms with Crippen LogP contribution in [0.3, 0.4) is 0 Å². The number of carbonyl (C=O) groups excluding carboxylic acids is 1. The molecule has 1 saturated carbocycles. The second-order valence-corrected chi connectivity index (χ2v) is 6.75. The van der Waals surface area contributed by atoms with Crippen molar-refractivity contribution in [2.24, 2.45) is 5.92 Å². The molecule has 25 heavy (non-hydrogen) atoms. The summed E-state index contributed by atoms with van der Waals surface area (Å²) in [5.41, 5.74) is 1.93. The third kappa shape index (κ3) is 4.49. The smallest absolute Gasteiger partial charge is 0.319 e. The fourth-order valence-electron chi connectivity index (χ4n) is 3.31. The second kappa shape index (κ2) is 7.84. The van der Waals surface area contributed by atoms with E-state index < -0.39 is 5.97 Å². The van der Waals surface area contributed by atoms with Gasteiger partial charge in [0.2, 0.25) is 0 Å². The van der Waals surface area contributed by atoms with Gasteiger partial charge in [-0.2, -0.15) is 0 Å². The number of nitrogens with one attached hydrogen (secondary N) is 2. The van der Waals surface area contributed by atoms with Crippen molar-refractivity contribution >= 4 is 17.7 Å². The molecule has 7 heteroatoms. The lowest BCUT2D eigenvalue weighted by molar-refractivity contribution is -0.145. The fourth-order valence-corrected chi connectivity index (χ4v) is 3.31. The number of ether oxygens (including phenoxy) is 1. The van der Waals surface area contributed by atoms with Gasteiger partial charge in [-0.25, -0.2) is 4.79 Å². The van der Waals surface area contributed by atoms with Crippen LogP contribution < -0.4 is 10.6 Å². The van der Waals surface area contributed by atoms with E-state index in [0.29, 0.717) is 18.9 Å². The van der Waals surface area contributed by atoms with Crippen molar-refractivity contribution in [3.63, 3.8) is 0 Å². The molecule has 136 valence electrons. The third-order valence-corrected chi connectivity index (χ3v) is 5.07. The number of aliphatic carboxylic acids is 1. The van der Waals surface area contributed by atoms with Crippen molar-refractivity contribution in [2.75, 3.05) is 31.6 Å². The van der Waals surface area contributed by atoms with Crippen LogP contribution in [0.25, 0.3) is 0 Å². The van der Waals surface area contributed by atoms with E-state index in [1.54, 1.807) is 0 Å². The van der Waals surface area contributed by atoms with Crippen molar-refractivity contribution < 1.29 is 19.4 Å². The maximum absolute atomic E-state index is 12.0. The molecule has 1 aliphatic carbocycles. The van der Waals surface area contributed by atoms with Crippen LogP contribution >= 0.6 is 0 Å². The average Bonchev–Trinajstić information content (AvgIpc) is 2.58. The van der Waals surface area contributed by atoms with Crippen LogP contribution in [0, 0.1) is 5.92 Å². The van der Waals surface area contributed by atoms with Crippen molar-refractivity contribution in [3.8, 4) is 0 Å². The number of hydrogen-bond acceptors (Lipinski definition) is 4. The molecule has 2 amide bonds. The number of rotatable bonds is 5. The van der Waals surface area contributed by atoms with Crippen LogP contribution in [0.2, 0.25) is 0 Å². The van der Waals surface area contributed by atoms with E-state index >= 15 is 0 Å². The standard InChI is InChI=1S/C18H25N3O4/c1-12(21-6-8-25-9-7-21)13-2-4-15(5-3-13)19-18(24)20-16-10-14(11-16)17(22)23/h2-5,12,14,16H,6-11H2,1H3,(H,22,23)(H2,19,20,24). The molecule has 3 N–H and O–H groups in total. The van der Waals surface area contributed by atoms with Gasteiger partial charge in [0, 0.05) is 30.9 Å². The van der Waals surface area contributed by atoms with Crippen molar-refractivity contribution in [2.45, 2.75) is 31.8 Å². The van der Waals surface area contributed by atoms with Gasteiger partial charge in [0.1, 0.15) is 0 Å². The Bertz CT molecular complexity index is 607. The molecule has 1 aromatic rings. The van der Waals surface area contributed by atoms with E-state index in [1.807, 2.05) is 24.3 Å². The van der Waals surface area contributed by atoms with Gasteiger partial charge in [-0.1, -0.05) is 12.1 Å². The largest absolute Gasteiger partial charge is 0.481 e. The highest BCUT2D eigenvalue weighted by Crippen LogP contribution is 2.27. The van der Waals surface area contributed by atoms with Gasteiger partial charge in [-0.15, -0.1) is 0 Å². The predicted molar refractivity (Wildman–Crippen MR) is 93.6 cm³/mol. The zero-order valence-corrected chi connectivity index (χ0v) is 14.4. The highest BCUT2D eigenvalue weighted by Gasteiger charge is 2.35. The summed E-state index contributed by atoms with van der Waals surface area (Å²) in [6.07, 6.45) is 0.998. The first kappa shape index (κ1) is 17.7. The van der Waals surface area contributed by atoms with E-state index in [4.69, 9.17) is 9.84 Å². The molecule has 2 aliphatic rings. The Hall–Kier alpha value is -2.12. The van der Waals surface area contributed by atoms with E-state index in [2.05, 4.69) is 22.5 Å². The molecule has 1 heterocycles. The molecule has 0 radical (unpaired) electrons. The Balaban J connectivity index is 1.47. The number of carboxylic acids is 1. The lowest BCUT2D eigenvalue weighted by atomic mass is 9.80. The van der Waals surface area contributed by atoms with Gasteiger partial charge < -0.3 is 20.5 Å². The van der Waals surface area contributed by atoms with Crippen molar-refractivity contribution in [1.82, 2.24) is 10.2 Å². The molecule has 1 atom stereocenters. The number of amides is 2. The highest BCUT2D eigenvalue weighted by molar-refractivity contribution is 5.89. The first-order chi connectivity index (χ1) is 12.0. The minimum absolute atomic E-state index is 0.0540. The first-order valence-corrected chi connectivity index (χ1v) is 8.75. The van der Waals surface area contributed by atoms with Gasteiger partial charge >= 0.3 is 12.0 Å². The van der Waals surface area contributed by atoms with Crippen LogP contribution in [0.1, 0.15) is 31.4 Å². The summed E-state index contributed by atoms with van der Waals surface area (Å²) >= 11 is 0.